The zero-order valence-electron chi connectivity index (χ0n) is 18.2. The SMILES string of the molecule is CCOc1ccc(NC(=O)Cn2nnc(-c3ccccc3NC(=O)c3cccc(Cl)c3)n2)cc1. The van der Waals surface area contributed by atoms with E-state index in [1.54, 1.807) is 72.8 Å². The van der Waals surface area contributed by atoms with E-state index in [2.05, 4.69) is 26.0 Å². The minimum atomic E-state index is -0.322. The summed E-state index contributed by atoms with van der Waals surface area (Å²) in [6.07, 6.45) is 0. The van der Waals surface area contributed by atoms with Gasteiger partial charge < -0.3 is 15.4 Å². The Balaban J connectivity index is 1.43. The molecule has 0 aliphatic rings. The molecule has 0 aliphatic heterocycles. The molecule has 2 N–H and O–H groups in total. The number of anilines is 2. The molecule has 0 spiro atoms. The van der Waals surface area contributed by atoms with E-state index in [0.717, 1.165) is 5.75 Å². The van der Waals surface area contributed by atoms with Gasteiger partial charge in [-0.3, -0.25) is 9.59 Å². The average Bonchev–Trinajstić information content (AvgIpc) is 3.29. The second-order valence-corrected chi connectivity index (χ2v) is 7.60. The zero-order chi connectivity index (χ0) is 23.9. The summed E-state index contributed by atoms with van der Waals surface area (Å²) in [6.45, 7) is 2.34. The van der Waals surface area contributed by atoms with Crippen LogP contribution in [0.25, 0.3) is 11.4 Å². The Bertz CT molecular complexity index is 1310. The molecule has 2 amide bonds. The number of nitrogens with one attached hydrogen (secondary N) is 2. The van der Waals surface area contributed by atoms with Crippen LogP contribution in [-0.4, -0.2) is 38.6 Å². The van der Waals surface area contributed by atoms with E-state index >= 15 is 0 Å². The Hall–Kier alpha value is -4.24. The lowest BCUT2D eigenvalue weighted by Crippen LogP contribution is -2.20. The summed E-state index contributed by atoms with van der Waals surface area (Å²) < 4.78 is 5.39. The molecule has 1 aromatic heterocycles. The third kappa shape index (κ3) is 5.76. The van der Waals surface area contributed by atoms with Crippen molar-refractivity contribution in [2.45, 2.75) is 13.5 Å². The van der Waals surface area contributed by atoms with Gasteiger partial charge in [-0.05, 0) is 66.7 Å². The summed E-state index contributed by atoms with van der Waals surface area (Å²) in [7, 11) is 0. The van der Waals surface area contributed by atoms with Crippen molar-refractivity contribution in [3.63, 3.8) is 0 Å². The predicted octanol–water partition coefficient (Wildman–Crippen LogP) is 4.28. The second kappa shape index (κ2) is 10.6. The van der Waals surface area contributed by atoms with Crippen LogP contribution in [0.15, 0.2) is 72.8 Å². The van der Waals surface area contributed by atoms with Crippen LogP contribution >= 0.6 is 11.6 Å². The lowest BCUT2D eigenvalue weighted by Gasteiger charge is -2.09. The Kier molecular flexibility index (Phi) is 7.14. The Morgan fingerprint density at radius 3 is 2.56 bits per heavy atom. The summed E-state index contributed by atoms with van der Waals surface area (Å²) in [5, 5.41) is 18.4. The topological polar surface area (TPSA) is 111 Å². The number of aromatic nitrogens is 4. The lowest BCUT2D eigenvalue weighted by molar-refractivity contribution is -0.117. The predicted molar refractivity (Wildman–Crippen MR) is 129 cm³/mol. The normalized spacial score (nSPS) is 10.5. The maximum Gasteiger partial charge on any atom is 0.255 e. The monoisotopic (exact) mass is 476 g/mol. The summed E-state index contributed by atoms with van der Waals surface area (Å²) in [5.74, 6) is 0.368. The van der Waals surface area contributed by atoms with Crippen LogP contribution in [0.1, 0.15) is 17.3 Å². The fraction of sp³-hybridized carbons (Fsp3) is 0.125. The molecule has 0 unspecified atom stereocenters. The number of carbonyl (C=O) groups is 2. The lowest BCUT2D eigenvalue weighted by atomic mass is 10.1. The van der Waals surface area contributed by atoms with E-state index in [1.807, 2.05) is 6.92 Å². The van der Waals surface area contributed by atoms with Gasteiger partial charge in [0.25, 0.3) is 5.91 Å². The van der Waals surface area contributed by atoms with Gasteiger partial charge in [0, 0.05) is 21.8 Å². The first kappa shape index (κ1) is 22.9. The van der Waals surface area contributed by atoms with Gasteiger partial charge in [-0.1, -0.05) is 29.8 Å². The minimum absolute atomic E-state index is 0.128. The fourth-order valence-corrected chi connectivity index (χ4v) is 3.35. The average molecular weight is 477 g/mol. The van der Waals surface area contributed by atoms with Crippen molar-refractivity contribution in [3.05, 3.63) is 83.4 Å². The van der Waals surface area contributed by atoms with E-state index in [0.29, 0.717) is 34.1 Å². The van der Waals surface area contributed by atoms with Crippen LogP contribution in [0.3, 0.4) is 0 Å². The minimum Gasteiger partial charge on any atom is -0.494 e. The fourth-order valence-electron chi connectivity index (χ4n) is 3.16. The highest BCUT2D eigenvalue weighted by molar-refractivity contribution is 6.31. The standard InChI is InChI=1S/C24H21ClN6O3/c1-2-34-19-12-10-18(11-13-19)26-22(32)15-31-29-23(28-30-31)20-8-3-4-9-21(20)27-24(33)16-6-5-7-17(25)14-16/h3-14H,2,15H2,1H3,(H,26,32)(H,27,33). The molecule has 10 heteroatoms. The Morgan fingerprint density at radius 1 is 1.00 bits per heavy atom. The molecule has 0 saturated carbocycles. The van der Waals surface area contributed by atoms with Gasteiger partial charge in [0.2, 0.25) is 11.7 Å². The number of tetrazole rings is 1. The van der Waals surface area contributed by atoms with Crippen LogP contribution in [-0.2, 0) is 11.3 Å². The number of para-hydroxylation sites is 1. The van der Waals surface area contributed by atoms with Crippen LogP contribution in [0.2, 0.25) is 5.02 Å². The highest BCUT2D eigenvalue weighted by Gasteiger charge is 2.15. The Morgan fingerprint density at radius 2 is 1.79 bits per heavy atom. The number of rotatable bonds is 8. The highest BCUT2D eigenvalue weighted by atomic mass is 35.5. The van der Waals surface area contributed by atoms with Gasteiger partial charge in [0.1, 0.15) is 12.3 Å². The van der Waals surface area contributed by atoms with Gasteiger partial charge in [-0.25, -0.2) is 0 Å². The van der Waals surface area contributed by atoms with E-state index in [4.69, 9.17) is 16.3 Å². The molecule has 1 heterocycles. The maximum atomic E-state index is 12.6. The van der Waals surface area contributed by atoms with Crippen LogP contribution in [0.4, 0.5) is 11.4 Å². The number of halogens is 1. The molecular formula is C24H21ClN6O3. The van der Waals surface area contributed by atoms with Crippen molar-refractivity contribution >= 4 is 34.8 Å². The molecule has 3 aromatic carbocycles. The smallest absolute Gasteiger partial charge is 0.255 e. The molecule has 4 rings (SSSR count). The van der Waals surface area contributed by atoms with Gasteiger partial charge in [0.15, 0.2) is 0 Å². The number of ether oxygens (including phenoxy) is 1. The van der Waals surface area contributed by atoms with E-state index < -0.39 is 0 Å². The van der Waals surface area contributed by atoms with Gasteiger partial charge in [-0.2, -0.15) is 4.80 Å². The molecule has 172 valence electrons. The third-order valence-electron chi connectivity index (χ3n) is 4.69. The first-order chi connectivity index (χ1) is 16.5. The molecule has 0 saturated heterocycles. The van der Waals surface area contributed by atoms with Crippen molar-refractivity contribution in [3.8, 4) is 17.1 Å². The molecule has 4 aromatic rings. The summed E-state index contributed by atoms with van der Waals surface area (Å²) >= 11 is 5.98. The number of nitrogens with zero attached hydrogens (tertiary/aromatic N) is 4. The number of amides is 2. The highest BCUT2D eigenvalue weighted by Crippen LogP contribution is 2.25. The number of benzene rings is 3. The van der Waals surface area contributed by atoms with Gasteiger partial charge >= 0.3 is 0 Å². The van der Waals surface area contributed by atoms with Crippen LogP contribution < -0.4 is 15.4 Å². The number of hydrogen-bond acceptors (Lipinski definition) is 6. The molecule has 0 aliphatic carbocycles. The first-order valence-electron chi connectivity index (χ1n) is 10.5. The second-order valence-electron chi connectivity index (χ2n) is 7.16. The van der Waals surface area contributed by atoms with Crippen LogP contribution in [0.5, 0.6) is 5.75 Å². The summed E-state index contributed by atoms with van der Waals surface area (Å²) in [4.78, 5) is 26.2. The maximum absolute atomic E-state index is 12.6. The van der Waals surface area contributed by atoms with Crippen molar-refractivity contribution < 1.29 is 14.3 Å². The zero-order valence-corrected chi connectivity index (χ0v) is 19.0. The molecule has 0 atom stereocenters. The quantitative estimate of drug-likeness (QED) is 0.392. The van der Waals surface area contributed by atoms with Crippen molar-refractivity contribution in [1.82, 2.24) is 20.2 Å². The summed E-state index contributed by atoms with van der Waals surface area (Å²) in [5.41, 5.74) is 2.12. The molecular weight excluding hydrogens is 456 g/mol. The third-order valence-corrected chi connectivity index (χ3v) is 4.93. The van der Waals surface area contributed by atoms with Crippen molar-refractivity contribution in [2.24, 2.45) is 0 Å². The number of carbonyl (C=O) groups excluding carboxylic acids is 2. The largest absolute Gasteiger partial charge is 0.494 e. The molecule has 0 fully saturated rings. The molecule has 9 nitrogen and oxygen atoms in total. The van der Waals surface area contributed by atoms with Crippen molar-refractivity contribution in [2.75, 3.05) is 17.2 Å². The van der Waals surface area contributed by atoms with Crippen LogP contribution in [0, 0.1) is 0 Å². The molecule has 34 heavy (non-hydrogen) atoms. The number of hydrogen-bond donors (Lipinski definition) is 2. The van der Waals surface area contributed by atoms with Gasteiger partial charge in [0.05, 0.1) is 12.3 Å². The molecule has 0 bridgehead atoms. The van der Waals surface area contributed by atoms with Crippen molar-refractivity contribution in [1.29, 1.82) is 0 Å². The first-order valence-corrected chi connectivity index (χ1v) is 10.9. The Labute approximate surface area is 200 Å². The van der Waals surface area contributed by atoms with E-state index in [9.17, 15) is 9.59 Å². The van der Waals surface area contributed by atoms with Gasteiger partial charge in [-0.15, -0.1) is 10.2 Å². The molecule has 0 radical (unpaired) electrons. The summed E-state index contributed by atoms with van der Waals surface area (Å²) in [6, 6.07) is 20.8. The van der Waals surface area contributed by atoms with E-state index in [-0.39, 0.29) is 24.2 Å². The van der Waals surface area contributed by atoms with E-state index in [1.165, 1.54) is 4.80 Å².